The first-order chi connectivity index (χ1) is 6.15. The number of nitrogens with zero attached hydrogens (tertiary/aromatic N) is 1. The summed E-state index contributed by atoms with van der Waals surface area (Å²) < 4.78 is 13.2. The van der Waals surface area contributed by atoms with E-state index in [1.54, 1.807) is 6.26 Å². The lowest BCUT2D eigenvalue weighted by atomic mass is 9.91. The smallest absolute Gasteiger partial charge is 0.0910 e. The normalized spacial score (nSPS) is 32.0. The maximum atomic E-state index is 11.2. The fraction of sp³-hybridized carbons (Fsp3) is 1.00. The molecule has 1 aliphatic carbocycles. The van der Waals surface area contributed by atoms with E-state index < -0.39 is 11.0 Å². The fourth-order valence-corrected chi connectivity index (χ4v) is 2.57. The van der Waals surface area contributed by atoms with Gasteiger partial charge < -0.3 is 5.32 Å². The molecular weight excluding hydrogens is 184 g/mol. The van der Waals surface area contributed by atoms with Crippen molar-refractivity contribution < 1.29 is 4.21 Å². The van der Waals surface area contributed by atoms with E-state index in [4.69, 9.17) is 0 Å². The first-order valence-corrected chi connectivity index (χ1v) is 6.40. The van der Waals surface area contributed by atoms with Crippen molar-refractivity contribution in [3.63, 3.8) is 0 Å². The molecule has 0 aromatic heterocycles. The first kappa shape index (κ1) is 11.1. The van der Waals surface area contributed by atoms with Gasteiger partial charge in [-0.15, -0.1) is 0 Å². The molecule has 0 heterocycles. The summed E-state index contributed by atoms with van der Waals surface area (Å²) in [6.07, 6.45) is 6.51. The highest BCUT2D eigenvalue weighted by atomic mass is 32.2. The fourth-order valence-electron chi connectivity index (χ4n) is 1.94. The quantitative estimate of drug-likeness (QED) is 0.735. The Morgan fingerprint density at radius 2 is 1.85 bits per heavy atom. The molecule has 13 heavy (non-hydrogen) atoms. The van der Waals surface area contributed by atoms with Gasteiger partial charge in [-0.25, -0.2) is 8.51 Å². The summed E-state index contributed by atoms with van der Waals surface area (Å²) >= 11 is 0. The van der Waals surface area contributed by atoms with Gasteiger partial charge in [-0.3, -0.25) is 0 Å². The van der Waals surface area contributed by atoms with Crippen LogP contribution < -0.4 is 5.32 Å². The third-order valence-corrected chi connectivity index (χ3v) is 4.13. The predicted octanol–water partition coefficient (Wildman–Crippen LogP) is 0.742. The van der Waals surface area contributed by atoms with E-state index in [0.717, 1.165) is 0 Å². The van der Waals surface area contributed by atoms with E-state index in [0.29, 0.717) is 12.1 Å². The van der Waals surface area contributed by atoms with Crippen molar-refractivity contribution >= 4 is 11.0 Å². The van der Waals surface area contributed by atoms with Crippen LogP contribution in [-0.2, 0) is 11.0 Å². The molecule has 1 fully saturated rings. The molecule has 1 N–H and O–H groups in total. The van der Waals surface area contributed by atoms with Crippen LogP contribution in [0.25, 0.3) is 0 Å². The highest BCUT2D eigenvalue weighted by Crippen LogP contribution is 2.22. The summed E-state index contributed by atoms with van der Waals surface area (Å²) in [5.74, 6) is 0. The van der Waals surface area contributed by atoms with Gasteiger partial charge in [0.15, 0.2) is 0 Å². The van der Waals surface area contributed by atoms with E-state index in [-0.39, 0.29) is 0 Å². The lowest BCUT2D eigenvalue weighted by Gasteiger charge is -2.32. The summed E-state index contributed by atoms with van der Waals surface area (Å²) in [7, 11) is 3.17. The Morgan fingerprint density at radius 3 is 2.23 bits per heavy atom. The van der Waals surface area contributed by atoms with Gasteiger partial charge in [0.05, 0.1) is 11.0 Å². The molecular formula is C9H20N2OS. The minimum Gasteiger partial charge on any atom is -0.317 e. The molecule has 0 saturated heterocycles. The summed E-state index contributed by atoms with van der Waals surface area (Å²) in [4.78, 5) is 0. The molecule has 3 nitrogen and oxygen atoms in total. The zero-order valence-corrected chi connectivity index (χ0v) is 9.56. The van der Waals surface area contributed by atoms with Crippen molar-refractivity contribution in [2.24, 2.45) is 0 Å². The van der Waals surface area contributed by atoms with E-state index in [1.807, 2.05) is 18.4 Å². The molecule has 1 rings (SSSR count). The number of hydrogen-bond acceptors (Lipinski definition) is 2. The Kier molecular flexibility index (Phi) is 4.35. The van der Waals surface area contributed by atoms with E-state index in [2.05, 4.69) is 5.32 Å². The van der Waals surface area contributed by atoms with Crippen molar-refractivity contribution in [2.75, 3.05) is 20.4 Å². The summed E-state index contributed by atoms with van der Waals surface area (Å²) in [6, 6.07) is 1.20. The standard InChI is InChI=1S/C9H20N2OS/c1-10-8-4-6-9(7-5-8)11(2)13(3)12/h8-10H,4-7H2,1-3H3. The lowest BCUT2D eigenvalue weighted by Crippen LogP contribution is -2.40. The summed E-state index contributed by atoms with van der Waals surface area (Å²) in [5.41, 5.74) is 0. The van der Waals surface area contributed by atoms with Crippen molar-refractivity contribution in [1.29, 1.82) is 0 Å². The average Bonchev–Trinajstić information content (AvgIpc) is 2.17. The monoisotopic (exact) mass is 204 g/mol. The molecule has 0 aromatic carbocycles. The minimum absolute atomic E-state index is 0.524. The molecule has 0 bridgehead atoms. The SMILES string of the molecule is CNC1CCC(N(C)S(C)=O)CC1. The van der Waals surface area contributed by atoms with Gasteiger partial charge in [-0.05, 0) is 32.7 Å². The third-order valence-electron chi connectivity index (χ3n) is 3.02. The maximum absolute atomic E-state index is 11.2. The molecule has 78 valence electrons. The highest BCUT2D eigenvalue weighted by Gasteiger charge is 2.24. The number of hydrogen-bond donors (Lipinski definition) is 1. The van der Waals surface area contributed by atoms with Crippen LogP contribution in [0.1, 0.15) is 25.7 Å². The van der Waals surface area contributed by atoms with Crippen LogP contribution in [0.15, 0.2) is 0 Å². The Hall–Kier alpha value is 0.0700. The second kappa shape index (κ2) is 5.08. The van der Waals surface area contributed by atoms with Gasteiger partial charge in [0.1, 0.15) is 0 Å². The molecule has 0 aromatic rings. The van der Waals surface area contributed by atoms with Gasteiger partial charge in [-0.1, -0.05) is 0 Å². The Labute approximate surface area is 83.5 Å². The van der Waals surface area contributed by atoms with Crippen molar-refractivity contribution in [3.05, 3.63) is 0 Å². The van der Waals surface area contributed by atoms with Crippen molar-refractivity contribution in [2.45, 2.75) is 37.8 Å². The molecule has 1 unspecified atom stereocenters. The average molecular weight is 204 g/mol. The first-order valence-electron chi connectivity index (χ1n) is 4.88. The molecule has 1 saturated carbocycles. The molecule has 0 aliphatic heterocycles. The number of rotatable bonds is 3. The summed E-state index contributed by atoms with van der Waals surface area (Å²) in [6.45, 7) is 0. The van der Waals surface area contributed by atoms with Crippen molar-refractivity contribution in [3.8, 4) is 0 Å². The van der Waals surface area contributed by atoms with Crippen LogP contribution in [0.3, 0.4) is 0 Å². The van der Waals surface area contributed by atoms with Crippen LogP contribution in [0.5, 0.6) is 0 Å². The zero-order chi connectivity index (χ0) is 9.84. The zero-order valence-electron chi connectivity index (χ0n) is 8.75. The molecule has 4 heteroatoms. The van der Waals surface area contributed by atoms with E-state index in [1.165, 1.54) is 25.7 Å². The van der Waals surface area contributed by atoms with Crippen LogP contribution in [0, 0.1) is 0 Å². The Bertz CT molecular complexity index is 178. The highest BCUT2D eigenvalue weighted by molar-refractivity contribution is 7.81. The van der Waals surface area contributed by atoms with Gasteiger partial charge in [-0.2, -0.15) is 0 Å². The van der Waals surface area contributed by atoms with Gasteiger partial charge in [0.25, 0.3) is 0 Å². The lowest BCUT2D eigenvalue weighted by molar-refractivity contribution is 0.263. The molecule has 0 amide bonds. The number of nitrogens with one attached hydrogen (secondary N) is 1. The van der Waals surface area contributed by atoms with Crippen LogP contribution in [0.2, 0.25) is 0 Å². The second-order valence-electron chi connectivity index (χ2n) is 3.76. The van der Waals surface area contributed by atoms with E-state index in [9.17, 15) is 4.21 Å². The van der Waals surface area contributed by atoms with Crippen LogP contribution in [0.4, 0.5) is 0 Å². The minimum atomic E-state index is -0.808. The molecule has 1 aliphatic rings. The topological polar surface area (TPSA) is 32.3 Å². The molecule has 0 spiro atoms. The van der Waals surface area contributed by atoms with E-state index >= 15 is 0 Å². The van der Waals surface area contributed by atoms with Gasteiger partial charge >= 0.3 is 0 Å². The Morgan fingerprint density at radius 1 is 1.31 bits per heavy atom. The largest absolute Gasteiger partial charge is 0.317 e. The third kappa shape index (κ3) is 3.04. The van der Waals surface area contributed by atoms with Crippen LogP contribution >= 0.6 is 0 Å². The maximum Gasteiger partial charge on any atom is 0.0910 e. The molecule has 1 atom stereocenters. The molecule has 0 radical (unpaired) electrons. The Balaban J connectivity index is 2.36. The van der Waals surface area contributed by atoms with Gasteiger partial charge in [0.2, 0.25) is 0 Å². The summed E-state index contributed by atoms with van der Waals surface area (Å²) in [5, 5.41) is 3.30. The van der Waals surface area contributed by atoms with Crippen molar-refractivity contribution in [1.82, 2.24) is 9.62 Å². The second-order valence-corrected chi connectivity index (χ2v) is 5.19. The van der Waals surface area contributed by atoms with Gasteiger partial charge in [0, 0.05) is 25.4 Å². The van der Waals surface area contributed by atoms with Crippen LogP contribution in [-0.4, -0.2) is 40.9 Å². The predicted molar refractivity (Wildman–Crippen MR) is 56.9 cm³/mol.